The number of carbonyl (C=O) groups excluding carboxylic acids is 1. The van der Waals surface area contributed by atoms with Crippen LogP contribution >= 0.6 is 11.6 Å². The van der Waals surface area contributed by atoms with Gasteiger partial charge in [0.1, 0.15) is 23.8 Å². The minimum atomic E-state index is -0.620. The second kappa shape index (κ2) is 8.82. The summed E-state index contributed by atoms with van der Waals surface area (Å²) in [6, 6.07) is 7.02. The molecule has 31 heavy (non-hydrogen) atoms. The number of nitrogens with one attached hydrogen (secondary N) is 3. The second-order valence-corrected chi connectivity index (χ2v) is 8.20. The van der Waals surface area contributed by atoms with E-state index < -0.39 is 12.2 Å². The van der Waals surface area contributed by atoms with Gasteiger partial charge in [-0.05, 0) is 25.5 Å². The minimum Gasteiger partial charge on any atom is -0.486 e. The molecule has 0 unspecified atom stereocenters. The lowest BCUT2D eigenvalue weighted by Gasteiger charge is -2.21. The van der Waals surface area contributed by atoms with Crippen LogP contribution in [-0.2, 0) is 0 Å². The van der Waals surface area contributed by atoms with Crippen LogP contribution in [0.3, 0.4) is 0 Å². The molecule has 1 aromatic rings. The van der Waals surface area contributed by atoms with Crippen molar-refractivity contribution < 1.29 is 14.6 Å². The molecular weight excluding hydrogens is 418 g/mol. The third kappa shape index (κ3) is 4.23. The summed E-state index contributed by atoms with van der Waals surface area (Å²) in [5.41, 5.74) is 2.98. The SMILES string of the molecule is CCC1=N/C(=C2\CN(C(=O)c3ccccc3O[C@H]3CNC[C@@H]3O)CC2=N)NC(C)=C1Cl. The Morgan fingerprint density at radius 1 is 1.35 bits per heavy atom. The summed E-state index contributed by atoms with van der Waals surface area (Å²) in [6.07, 6.45) is -0.348. The first-order valence-corrected chi connectivity index (χ1v) is 10.7. The molecule has 0 radical (unpaired) electrons. The van der Waals surface area contributed by atoms with Crippen LogP contribution in [0, 0.1) is 5.41 Å². The van der Waals surface area contributed by atoms with Crippen LogP contribution in [0.5, 0.6) is 5.75 Å². The van der Waals surface area contributed by atoms with Crippen LogP contribution in [-0.4, -0.2) is 65.7 Å². The predicted octanol–water partition coefficient (Wildman–Crippen LogP) is 2.01. The molecule has 9 heteroatoms. The molecular formula is C22H26ClN5O3. The Morgan fingerprint density at radius 2 is 2.13 bits per heavy atom. The van der Waals surface area contributed by atoms with E-state index in [0.29, 0.717) is 53.0 Å². The number of hydrogen-bond acceptors (Lipinski definition) is 7. The van der Waals surface area contributed by atoms with Crippen molar-refractivity contribution in [3.63, 3.8) is 0 Å². The number of aliphatic imine (C=N–C) groups is 1. The normalized spacial score (nSPS) is 26.3. The van der Waals surface area contributed by atoms with Gasteiger partial charge < -0.3 is 30.8 Å². The van der Waals surface area contributed by atoms with Crippen molar-refractivity contribution in [3.05, 3.63) is 52.0 Å². The van der Waals surface area contributed by atoms with Gasteiger partial charge in [0.25, 0.3) is 5.91 Å². The number of amides is 1. The number of ether oxygens (including phenoxy) is 1. The molecule has 0 aromatic heterocycles. The van der Waals surface area contributed by atoms with Crippen LogP contribution in [0.15, 0.2) is 51.4 Å². The Hall–Kier alpha value is -2.68. The van der Waals surface area contributed by atoms with E-state index in [2.05, 4.69) is 15.6 Å². The zero-order valence-electron chi connectivity index (χ0n) is 17.5. The number of rotatable bonds is 4. The first kappa shape index (κ1) is 21.5. The van der Waals surface area contributed by atoms with Crippen LogP contribution in [0.2, 0.25) is 0 Å². The van der Waals surface area contributed by atoms with E-state index in [1.807, 2.05) is 13.8 Å². The molecule has 0 saturated carbocycles. The molecule has 164 valence electrons. The smallest absolute Gasteiger partial charge is 0.258 e. The number of β-amino-alcohol motifs (C(OH)–C–C–N with tert-alkyl or cyclic N) is 1. The third-order valence-corrected chi connectivity index (χ3v) is 6.13. The molecule has 2 fully saturated rings. The Morgan fingerprint density at radius 3 is 2.84 bits per heavy atom. The lowest BCUT2D eigenvalue weighted by atomic mass is 10.1. The average molecular weight is 444 g/mol. The number of aliphatic hydroxyl groups is 1. The topological polar surface area (TPSA) is 110 Å². The van der Waals surface area contributed by atoms with Gasteiger partial charge in [-0.25, -0.2) is 4.99 Å². The molecule has 1 amide bonds. The van der Waals surface area contributed by atoms with Gasteiger partial charge in [-0.1, -0.05) is 30.7 Å². The maximum absolute atomic E-state index is 13.3. The summed E-state index contributed by atoms with van der Waals surface area (Å²) in [7, 11) is 0. The van der Waals surface area contributed by atoms with Gasteiger partial charge in [-0.2, -0.15) is 0 Å². The maximum atomic E-state index is 13.3. The molecule has 3 aliphatic rings. The first-order valence-electron chi connectivity index (χ1n) is 10.3. The monoisotopic (exact) mass is 443 g/mol. The molecule has 2 atom stereocenters. The number of carbonyl (C=O) groups is 1. The highest BCUT2D eigenvalue weighted by atomic mass is 35.5. The Balaban J connectivity index is 1.57. The Labute approximate surface area is 186 Å². The summed E-state index contributed by atoms with van der Waals surface area (Å²) >= 11 is 6.31. The van der Waals surface area contributed by atoms with Gasteiger partial charge in [0.05, 0.1) is 35.1 Å². The fourth-order valence-corrected chi connectivity index (χ4v) is 4.09. The van der Waals surface area contributed by atoms with Crippen molar-refractivity contribution in [2.45, 2.75) is 32.5 Å². The van der Waals surface area contributed by atoms with Crippen molar-refractivity contribution in [2.75, 3.05) is 26.2 Å². The number of aliphatic hydroxyl groups excluding tert-OH is 1. The molecule has 1 aromatic carbocycles. The summed E-state index contributed by atoms with van der Waals surface area (Å²) in [5, 5.41) is 25.3. The molecule has 0 aliphatic carbocycles. The summed E-state index contributed by atoms with van der Waals surface area (Å²) in [5.74, 6) is 0.779. The highest BCUT2D eigenvalue weighted by Gasteiger charge is 2.33. The van der Waals surface area contributed by atoms with Gasteiger partial charge in [0.15, 0.2) is 0 Å². The quantitative estimate of drug-likeness (QED) is 0.569. The van der Waals surface area contributed by atoms with Crippen molar-refractivity contribution in [3.8, 4) is 5.75 Å². The maximum Gasteiger partial charge on any atom is 0.258 e. The summed E-state index contributed by atoms with van der Waals surface area (Å²) in [6.45, 7) is 5.29. The largest absolute Gasteiger partial charge is 0.486 e. The van der Waals surface area contributed by atoms with Crippen LogP contribution in [0.25, 0.3) is 0 Å². The molecule has 4 rings (SSSR count). The predicted molar refractivity (Wildman–Crippen MR) is 120 cm³/mol. The lowest BCUT2D eigenvalue weighted by Crippen LogP contribution is -2.32. The third-order valence-electron chi connectivity index (χ3n) is 5.63. The van der Waals surface area contributed by atoms with E-state index >= 15 is 0 Å². The number of hydrogen-bond donors (Lipinski definition) is 4. The highest BCUT2D eigenvalue weighted by molar-refractivity contribution is 6.44. The van der Waals surface area contributed by atoms with E-state index in [1.165, 1.54) is 0 Å². The molecule has 4 N–H and O–H groups in total. The number of nitrogens with zero attached hydrogens (tertiary/aromatic N) is 2. The van der Waals surface area contributed by atoms with Crippen molar-refractivity contribution >= 4 is 28.9 Å². The van der Waals surface area contributed by atoms with E-state index in [-0.39, 0.29) is 19.0 Å². The number of allylic oxidation sites excluding steroid dienone is 2. The van der Waals surface area contributed by atoms with Crippen molar-refractivity contribution in [1.82, 2.24) is 15.5 Å². The number of para-hydroxylation sites is 1. The fraction of sp³-hybridized carbons (Fsp3) is 0.409. The minimum absolute atomic E-state index is 0.189. The molecule has 0 bridgehead atoms. The van der Waals surface area contributed by atoms with Crippen molar-refractivity contribution in [2.24, 2.45) is 4.99 Å². The fourth-order valence-electron chi connectivity index (χ4n) is 3.87. The lowest BCUT2D eigenvalue weighted by molar-refractivity contribution is 0.0689. The van der Waals surface area contributed by atoms with Crippen LogP contribution < -0.4 is 15.4 Å². The molecule has 2 saturated heterocycles. The van der Waals surface area contributed by atoms with Crippen LogP contribution in [0.1, 0.15) is 30.6 Å². The van der Waals surface area contributed by atoms with Gasteiger partial charge in [-0.15, -0.1) is 0 Å². The second-order valence-electron chi connectivity index (χ2n) is 7.82. The Bertz CT molecular complexity index is 1020. The first-order chi connectivity index (χ1) is 14.9. The summed E-state index contributed by atoms with van der Waals surface area (Å²) in [4.78, 5) is 19.5. The standard InChI is InChI=1S/C22H26ClN5O3/c1-3-16-20(23)12(2)26-21(27-16)14-10-28(11-15(14)24)22(30)13-6-4-5-7-18(13)31-19-9-25-8-17(19)29/h4-7,17,19,24-26,29H,3,8-11H2,1-2H3/b21-14+,24-15?/t17-,19-/m0/s1. The highest BCUT2D eigenvalue weighted by Crippen LogP contribution is 2.27. The molecule has 0 spiro atoms. The Kier molecular flexibility index (Phi) is 6.13. The molecule has 3 heterocycles. The van der Waals surface area contributed by atoms with Gasteiger partial charge in [-0.3, -0.25) is 4.79 Å². The van der Waals surface area contributed by atoms with E-state index in [0.717, 1.165) is 11.4 Å². The molecule has 8 nitrogen and oxygen atoms in total. The van der Waals surface area contributed by atoms with E-state index in [4.69, 9.17) is 21.7 Å². The number of benzene rings is 1. The van der Waals surface area contributed by atoms with E-state index in [9.17, 15) is 9.90 Å². The zero-order valence-corrected chi connectivity index (χ0v) is 18.3. The van der Waals surface area contributed by atoms with Gasteiger partial charge >= 0.3 is 0 Å². The van der Waals surface area contributed by atoms with Crippen molar-refractivity contribution in [1.29, 1.82) is 5.41 Å². The van der Waals surface area contributed by atoms with Gasteiger partial charge in [0.2, 0.25) is 0 Å². The molecule has 3 aliphatic heterocycles. The average Bonchev–Trinajstić information content (AvgIpc) is 3.35. The zero-order chi connectivity index (χ0) is 22.1. The summed E-state index contributed by atoms with van der Waals surface area (Å²) < 4.78 is 5.94. The van der Waals surface area contributed by atoms with E-state index in [1.54, 1.807) is 29.2 Å². The number of halogens is 1. The van der Waals surface area contributed by atoms with Gasteiger partial charge in [0, 0.05) is 24.4 Å². The number of likely N-dealkylation sites (tertiary alicyclic amines) is 1. The van der Waals surface area contributed by atoms with Crippen LogP contribution in [0.4, 0.5) is 0 Å².